The first-order chi connectivity index (χ1) is 41.4. The number of benzene rings is 1. The molecule has 8 fully saturated rings. The lowest BCUT2D eigenvalue weighted by molar-refractivity contribution is -0.358. The Balaban J connectivity index is 0.718. The lowest BCUT2D eigenvalue weighted by Gasteiger charge is -2.66. The van der Waals surface area contributed by atoms with Crippen LogP contribution in [0.15, 0.2) is 48.1 Å². The molecule has 4 aliphatic carbocycles. The number of esters is 1. The Morgan fingerprint density at radius 1 is 0.632 bits per heavy atom. The normalized spacial score (nSPS) is 48.4. The van der Waals surface area contributed by atoms with Gasteiger partial charge in [-0.2, -0.15) is 0 Å². The first-order valence-corrected chi connectivity index (χ1v) is 31.3. The van der Waals surface area contributed by atoms with Gasteiger partial charge in [-0.3, -0.25) is 4.79 Å². The molecule has 0 unspecified atom stereocenters. The third-order valence-electron chi connectivity index (χ3n) is 21.5. The molecule has 5 saturated heterocycles. The molecule has 29 atom stereocenters. The Labute approximate surface area is 510 Å². The molecule has 0 bridgehead atoms. The van der Waals surface area contributed by atoms with Gasteiger partial charge in [-0.05, 0) is 96.6 Å². The summed E-state index contributed by atoms with van der Waals surface area (Å²) >= 11 is 0. The minimum atomic E-state index is -1.70. The highest BCUT2D eigenvalue weighted by Crippen LogP contribution is 2.70. The molecule has 0 amide bonds. The fourth-order valence-corrected chi connectivity index (χ4v) is 16.6. The number of hydrogen-bond donors (Lipinski definition) is 6. The number of carbonyl (C=O) groups excluding carboxylic acids is 2. The molecule has 10 rings (SSSR count). The van der Waals surface area contributed by atoms with E-state index in [4.69, 9.17) is 71.1 Å². The Morgan fingerprint density at radius 2 is 1.13 bits per heavy atom. The highest BCUT2D eigenvalue weighted by atomic mass is 16.8. The van der Waals surface area contributed by atoms with Crippen molar-refractivity contribution in [3.63, 3.8) is 0 Å². The molecule has 0 radical (unpaired) electrons. The molecule has 1 aromatic carbocycles. The Kier molecular flexibility index (Phi) is 21.0. The van der Waals surface area contributed by atoms with Crippen LogP contribution in [0.4, 0.5) is 0 Å². The number of methoxy groups -OCH3 is 4. The number of fused-ring (bicyclic) bond motifs is 5. The van der Waals surface area contributed by atoms with E-state index in [2.05, 4.69) is 13.0 Å². The maximum Gasteiger partial charge on any atom is 0.331 e. The first-order valence-electron chi connectivity index (χ1n) is 31.3. The average Bonchev–Trinajstić information content (AvgIpc) is 1.64. The summed E-state index contributed by atoms with van der Waals surface area (Å²) in [5.74, 6) is -1.74. The molecule has 5 heterocycles. The van der Waals surface area contributed by atoms with Gasteiger partial charge in [-0.15, -0.1) is 0 Å². The van der Waals surface area contributed by atoms with E-state index in [1.807, 2.05) is 58.0 Å². The van der Waals surface area contributed by atoms with Crippen molar-refractivity contribution in [3.8, 4) is 0 Å². The van der Waals surface area contributed by atoms with Crippen molar-refractivity contribution in [2.45, 2.75) is 272 Å². The summed E-state index contributed by atoms with van der Waals surface area (Å²) in [4.78, 5) is 26.9. The maximum atomic E-state index is 13.6. The molecule has 6 N–H and O–H groups in total. The van der Waals surface area contributed by atoms with E-state index >= 15 is 0 Å². The fraction of sp³-hybridized carbons (Fsp3) is 0.812. The van der Waals surface area contributed by atoms with Crippen LogP contribution in [-0.2, 0) is 80.6 Å². The van der Waals surface area contributed by atoms with Crippen LogP contribution in [-0.4, -0.2) is 230 Å². The van der Waals surface area contributed by atoms with Crippen LogP contribution < -0.4 is 0 Å². The van der Waals surface area contributed by atoms with Crippen LogP contribution in [0, 0.1) is 22.7 Å². The van der Waals surface area contributed by atoms with Crippen molar-refractivity contribution in [2.75, 3.05) is 35.0 Å². The van der Waals surface area contributed by atoms with E-state index in [1.54, 1.807) is 34.3 Å². The molecule has 23 nitrogen and oxygen atoms in total. The van der Waals surface area contributed by atoms with Gasteiger partial charge in [0.15, 0.2) is 31.5 Å². The second kappa shape index (κ2) is 27.3. The Hall–Kier alpha value is -2.96. The number of rotatable bonds is 19. The number of aliphatic hydroxyl groups is 6. The molecule has 0 aromatic heterocycles. The molecule has 3 saturated carbocycles. The zero-order valence-electron chi connectivity index (χ0n) is 52.2. The summed E-state index contributed by atoms with van der Waals surface area (Å²) in [6, 6.07) is 9.44. The number of ketones is 1. The standard InChI is InChI=1S/C64H96O23/c1-32(66)40-21-24-64(72)62(40,7)47(83-48(67)18-17-37-15-13-12-14-16-37)30-46-61(6)22-20-39(25-38(61)19-23-63(46,64)71)81-49-26-41(73-8)56(33(2)77-49)84-50-27-42(74-9)57(34(3)78-50)85-51-28-43(75-10)58(35(4)79-51)86-52-29-44(76-11)59(36(5)80-52)87-60-55(70)54(69)53(68)45(31-65)82-60/h12-19,33-36,39-47,49-60,65,68-72H,20-31H2,1-11H3/b18-17+/t33-,34-,35-,36-,39+,40+,41+,42-,43-,44+,45-,46-,47-,49+,50+,51+,52+,53-,54+,55-,56-,57-,58-,59-,60+,61+,62+,63+,64-/m1/s1. The molecule has 87 heavy (non-hydrogen) atoms. The van der Waals surface area contributed by atoms with Gasteiger partial charge < -0.3 is 102 Å². The van der Waals surface area contributed by atoms with Gasteiger partial charge >= 0.3 is 5.97 Å². The molecule has 1 aromatic rings. The van der Waals surface area contributed by atoms with Gasteiger partial charge in [-0.25, -0.2) is 4.79 Å². The summed E-state index contributed by atoms with van der Waals surface area (Å²) in [6.45, 7) is 12.4. The van der Waals surface area contributed by atoms with Gasteiger partial charge in [0.2, 0.25) is 0 Å². The average molecular weight is 1230 g/mol. The van der Waals surface area contributed by atoms with Crippen LogP contribution in [0.25, 0.3) is 6.08 Å². The maximum absolute atomic E-state index is 13.6. The van der Waals surface area contributed by atoms with E-state index in [-0.39, 0.29) is 37.6 Å². The third-order valence-corrected chi connectivity index (χ3v) is 21.5. The van der Waals surface area contributed by atoms with Crippen LogP contribution in [0.5, 0.6) is 0 Å². The van der Waals surface area contributed by atoms with E-state index in [0.29, 0.717) is 44.9 Å². The number of hydrogen-bond acceptors (Lipinski definition) is 23. The Morgan fingerprint density at radius 3 is 1.61 bits per heavy atom. The quantitative estimate of drug-likeness (QED) is 0.0649. The van der Waals surface area contributed by atoms with E-state index in [0.717, 1.165) is 11.1 Å². The number of ether oxygens (including phenoxy) is 15. The molecular formula is C64H96O23. The van der Waals surface area contributed by atoms with Crippen molar-refractivity contribution in [1.29, 1.82) is 0 Å². The van der Waals surface area contributed by atoms with Crippen molar-refractivity contribution in [3.05, 3.63) is 53.6 Å². The zero-order chi connectivity index (χ0) is 62.5. The minimum Gasteiger partial charge on any atom is -0.458 e. The summed E-state index contributed by atoms with van der Waals surface area (Å²) in [7, 11) is 6.38. The van der Waals surface area contributed by atoms with Gasteiger partial charge in [0, 0.05) is 77.4 Å². The Bertz CT molecular complexity index is 2540. The van der Waals surface area contributed by atoms with Gasteiger partial charge in [-0.1, -0.05) is 55.8 Å². The lowest BCUT2D eigenvalue weighted by atomic mass is 9.43. The predicted octanol–water partition coefficient (Wildman–Crippen LogP) is 3.94. The van der Waals surface area contributed by atoms with Crippen LogP contribution in [0.3, 0.4) is 0 Å². The van der Waals surface area contributed by atoms with Crippen molar-refractivity contribution in [2.24, 2.45) is 22.7 Å². The van der Waals surface area contributed by atoms with Gasteiger partial charge in [0.25, 0.3) is 0 Å². The highest BCUT2D eigenvalue weighted by Gasteiger charge is 2.77. The van der Waals surface area contributed by atoms with Crippen molar-refractivity contribution >= 4 is 17.8 Å². The van der Waals surface area contributed by atoms with Crippen molar-refractivity contribution in [1.82, 2.24) is 0 Å². The summed E-state index contributed by atoms with van der Waals surface area (Å²) in [5.41, 5.74) is -3.11. The van der Waals surface area contributed by atoms with E-state index < -0.39 is 182 Å². The topological polar surface area (TPSA) is 294 Å². The zero-order valence-corrected chi connectivity index (χ0v) is 52.2. The van der Waals surface area contributed by atoms with E-state index in [1.165, 1.54) is 20.1 Å². The van der Waals surface area contributed by atoms with Crippen molar-refractivity contribution < 1.29 is 111 Å². The molecule has 9 aliphatic rings. The predicted molar refractivity (Wildman–Crippen MR) is 307 cm³/mol. The third kappa shape index (κ3) is 12.8. The lowest BCUT2D eigenvalue weighted by Crippen LogP contribution is -2.75. The van der Waals surface area contributed by atoms with Crippen LogP contribution in [0.1, 0.15) is 125 Å². The van der Waals surface area contributed by atoms with Crippen LogP contribution in [0.2, 0.25) is 0 Å². The van der Waals surface area contributed by atoms with Gasteiger partial charge in [0.05, 0.1) is 61.5 Å². The fourth-order valence-electron chi connectivity index (χ4n) is 16.6. The molecule has 5 aliphatic heterocycles. The summed E-state index contributed by atoms with van der Waals surface area (Å²) in [6.07, 6.45) is -8.26. The summed E-state index contributed by atoms with van der Waals surface area (Å²) < 4.78 is 94.5. The molecular weight excluding hydrogens is 1140 g/mol. The molecule has 490 valence electrons. The number of Topliss-reactive ketones (excluding diaryl/α,β-unsaturated/α-hetero) is 1. The second-order valence-electron chi connectivity index (χ2n) is 26.3. The second-order valence-corrected chi connectivity index (χ2v) is 26.3. The van der Waals surface area contributed by atoms with E-state index in [9.17, 15) is 40.2 Å². The largest absolute Gasteiger partial charge is 0.458 e. The highest BCUT2D eigenvalue weighted by molar-refractivity contribution is 5.87. The van der Waals surface area contributed by atoms with Gasteiger partial charge in [0.1, 0.15) is 71.9 Å². The number of carbonyl (C=O) groups is 2. The summed E-state index contributed by atoms with van der Waals surface area (Å²) in [5, 5.41) is 66.9. The number of aliphatic hydroxyl groups excluding tert-OH is 4. The first kappa shape index (κ1) is 66.9. The molecule has 23 heteroatoms. The van der Waals surface area contributed by atoms with Crippen LogP contribution >= 0.6 is 0 Å². The smallest absolute Gasteiger partial charge is 0.331 e. The minimum absolute atomic E-state index is 0.0982. The SMILES string of the molecule is CO[C@H]1C[C@H](O[C@H]2CC[C@@]3(C)C(=CC[C@]4(O)[C@@H]3C[C@@H](OC(=O)/C=C/c3ccccc3)[C@]3(C)[C@H](C(C)=O)CC[C@@]34O)C2)O[C@H](C)[C@H]1O[C@H]1C[C@@H](OC)[C@H](O[C@H]2C[C@@H](OC)[C@H](O[C@H]3C[C@H](OC)[C@H](O[C@@H]4O[C@H](CO)[C@@H](O)[C@H](O)[C@H]4O)[C@@H](C)O3)[C@@H](C)O2)[C@@H](C)O1. The molecule has 0 spiro atoms. The monoisotopic (exact) mass is 1230 g/mol.